The van der Waals surface area contributed by atoms with E-state index < -0.39 is 0 Å². The first-order chi connectivity index (χ1) is 22.6. The second-order valence-corrected chi connectivity index (χ2v) is 12.6. The van der Waals surface area contributed by atoms with Crippen LogP contribution in [0.4, 0.5) is 0 Å². The SMILES string of the molecule is CC1(C)c2ccccc2-c2ccccc2-c2c1n(-c1nc(-c3ccc(-c4ccccc4)cc3)c3ccccc3n1)c1ccccc21. The van der Waals surface area contributed by atoms with E-state index in [1.165, 1.54) is 50.0 Å². The fraction of sp³-hybridized carbons (Fsp3) is 0.0698. The van der Waals surface area contributed by atoms with Gasteiger partial charge >= 0.3 is 0 Å². The fourth-order valence-electron chi connectivity index (χ4n) is 7.47. The highest BCUT2D eigenvalue weighted by molar-refractivity contribution is 6.05. The maximum absolute atomic E-state index is 5.43. The molecular weight excluding hydrogens is 558 g/mol. The van der Waals surface area contributed by atoms with Gasteiger partial charge in [0.2, 0.25) is 5.95 Å². The second-order valence-electron chi connectivity index (χ2n) is 12.6. The molecule has 0 atom stereocenters. The van der Waals surface area contributed by atoms with Gasteiger partial charge in [-0.15, -0.1) is 0 Å². The van der Waals surface area contributed by atoms with E-state index >= 15 is 0 Å². The van der Waals surface area contributed by atoms with Gasteiger partial charge in [0.25, 0.3) is 0 Å². The van der Waals surface area contributed by atoms with E-state index in [1.54, 1.807) is 0 Å². The summed E-state index contributed by atoms with van der Waals surface area (Å²) < 4.78 is 2.33. The van der Waals surface area contributed by atoms with Crippen LogP contribution in [0.15, 0.2) is 152 Å². The molecule has 0 fully saturated rings. The minimum Gasteiger partial charge on any atom is -0.281 e. The predicted molar refractivity (Wildman–Crippen MR) is 190 cm³/mol. The average molecular weight is 590 g/mol. The molecule has 0 radical (unpaired) electrons. The van der Waals surface area contributed by atoms with Gasteiger partial charge in [-0.05, 0) is 45.5 Å². The Bertz CT molecular complexity index is 2430. The van der Waals surface area contributed by atoms with Gasteiger partial charge in [0.05, 0.1) is 16.7 Å². The summed E-state index contributed by atoms with van der Waals surface area (Å²) in [4.78, 5) is 10.7. The summed E-state index contributed by atoms with van der Waals surface area (Å²) in [5, 5.41) is 2.24. The third kappa shape index (κ3) is 3.92. The minimum absolute atomic E-state index is 0.351. The molecule has 8 aromatic rings. The quantitative estimate of drug-likeness (QED) is 0.205. The Morgan fingerprint density at radius 1 is 0.478 bits per heavy atom. The van der Waals surface area contributed by atoms with Crippen molar-refractivity contribution in [2.45, 2.75) is 19.3 Å². The Hall–Kier alpha value is -5.80. The van der Waals surface area contributed by atoms with Gasteiger partial charge in [-0.25, -0.2) is 9.97 Å². The van der Waals surface area contributed by atoms with Gasteiger partial charge in [-0.2, -0.15) is 0 Å². The zero-order valence-corrected chi connectivity index (χ0v) is 25.8. The largest absolute Gasteiger partial charge is 0.281 e. The Labute approximate surface area is 268 Å². The molecule has 0 saturated carbocycles. The monoisotopic (exact) mass is 589 g/mol. The Balaban J connectivity index is 1.35. The maximum Gasteiger partial charge on any atom is 0.235 e. The lowest BCUT2D eigenvalue weighted by atomic mass is 9.78. The van der Waals surface area contributed by atoms with E-state index in [4.69, 9.17) is 9.97 Å². The number of fused-ring (bicyclic) bond motifs is 8. The van der Waals surface area contributed by atoms with Crippen LogP contribution in [-0.4, -0.2) is 14.5 Å². The van der Waals surface area contributed by atoms with E-state index in [-0.39, 0.29) is 5.41 Å². The first kappa shape index (κ1) is 26.6. The number of aromatic nitrogens is 3. The number of hydrogen-bond donors (Lipinski definition) is 0. The van der Waals surface area contributed by atoms with Crippen LogP contribution in [0.2, 0.25) is 0 Å². The average Bonchev–Trinajstić information content (AvgIpc) is 3.44. The molecule has 3 heteroatoms. The van der Waals surface area contributed by atoms with Crippen LogP contribution in [-0.2, 0) is 5.41 Å². The van der Waals surface area contributed by atoms with E-state index in [0.29, 0.717) is 5.95 Å². The van der Waals surface area contributed by atoms with Gasteiger partial charge in [0.15, 0.2) is 0 Å². The van der Waals surface area contributed by atoms with Crippen LogP contribution < -0.4 is 0 Å². The molecule has 0 bridgehead atoms. The molecule has 2 heterocycles. The molecule has 2 aromatic heterocycles. The van der Waals surface area contributed by atoms with Gasteiger partial charge in [-0.3, -0.25) is 4.57 Å². The van der Waals surface area contributed by atoms with Crippen molar-refractivity contribution in [2.75, 3.05) is 0 Å². The summed E-state index contributed by atoms with van der Waals surface area (Å²) in [6.07, 6.45) is 0. The molecule has 0 amide bonds. The van der Waals surface area contributed by atoms with Crippen molar-refractivity contribution in [3.05, 3.63) is 163 Å². The summed E-state index contributed by atoms with van der Waals surface area (Å²) in [5.41, 5.74) is 13.6. The second kappa shape index (κ2) is 10.1. The number of rotatable bonds is 3. The van der Waals surface area contributed by atoms with E-state index in [0.717, 1.165) is 27.7 Å². The molecule has 0 unspecified atom stereocenters. The van der Waals surface area contributed by atoms with Crippen molar-refractivity contribution in [2.24, 2.45) is 0 Å². The van der Waals surface area contributed by atoms with E-state index in [9.17, 15) is 0 Å². The van der Waals surface area contributed by atoms with Crippen molar-refractivity contribution >= 4 is 21.8 Å². The summed E-state index contributed by atoms with van der Waals surface area (Å²) in [6, 6.07) is 54.0. The molecule has 0 spiro atoms. The Kier molecular flexibility index (Phi) is 5.85. The van der Waals surface area contributed by atoms with Crippen molar-refractivity contribution in [3.63, 3.8) is 0 Å². The molecule has 218 valence electrons. The van der Waals surface area contributed by atoms with Crippen LogP contribution in [0.3, 0.4) is 0 Å². The molecule has 0 N–H and O–H groups in total. The van der Waals surface area contributed by atoms with E-state index in [1.807, 2.05) is 0 Å². The van der Waals surface area contributed by atoms with Gasteiger partial charge in [0, 0.05) is 33.0 Å². The van der Waals surface area contributed by atoms with Crippen LogP contribution in [0.5, 0.6) is 0 Å². The third-order valence-corrected chi connectivity index (χ3v) is 9.61. The number of benzene rings is 6. The summed E-state index contributed by atoms with van der Waals surface area (Å²) in [6.45, 7) is 4.69. The van der Waals surface area contributed by atoms with Crippen molar-refractivity contribution in [1.82, 2.24) is 14.5 Å². The highest BCUT2D eigenvalue weighted by Gasteiger charge is 2.38. The van der Waals surface area contributed by atoms with Crippen LogP contribution >= 0.6 is 0 Å². The van der Waals surface area contributed by atoms with Crippen LogP contribution in [0.25, 0.3) is 72.4 Å². The minimum atomic E-state index is -0.351. The molecule has 46 heavy (non-hydrogen) atoms. The van der Waals surface area contributed by atoms with E-state index in [2.05, 4.69) is 170 Å². The Morgan fingerprint density at radius 2 is 1.07 bits per heavy atom. The standard InChI is InChI=1S/C43H31N3/c1-43(2)36-21-11-8-17-32(36)31-16-6-7-18-33(31)39-35-20-10-13-23-38(35)46(41(39)43)42-44-37-22-12-9-19-34(37)40(45-42)30-26-24-29(25-27-30)28-14-4-3-5-15-28/h3-27H,1-2H3. The molecule has 0 saturated heterocycles. The highest BCUT2D eigenvalue weighted by atomic mass is 15.2. The van der Waals surface area contributed by atoms with Gasteiger partial charge < -0.3 is 0 Å². The van der Waals surface area contributed by atoms with Gasteiger partial charge in [0.1, 0.15) is 0 Å². The molecule has 1 aliphatic rings. The number of nitrogens with zero attached hydrogens (tertiary/aromatic N) is 3. The normalized spacial score (nSPS) is 13.2. The van der Waals surface area contributed by atoms with Crippen molar-refractivity contribution in [3.8, 4) is 50.6 Å². The smallest absolute Gasteiger partial charge is 0.235 e. The zero-order chi connectivity index (χ0) is 30.8. The summed E-state index contributed by atoms with van der Waals surface area (Å²) >= 11 is 0. The number of para-hydroxylation sites is 2. The Morgan fingerprint density at radius 3 is 1.87 bits per heavy atom. The van der Waals surface area contributed by atoms with Crippen LogP contribution in [0.1, 0.15) is 25.1 Å². The molecule has 6 aromatic carbocycles. The molecule has 1 aliphatic carbocycles. The third-order valence-electron chi connectivity index (χ3n) is 9.61. The maximum atomic E-state index is 5.43. The van der Waals surface area contributed by atoms with Crippen molar-refractivity contribution in [1.29, 1.82) is 0 Å². The first-order valence-corrected chi connectivity index (χ1v) is 15.9. The first-order valence-electron chi connectivity index (χ1n) is 15.9. The molecule has 9 rings (SSSR count). The predicted octanol–water partition coefficient (Wildman–Crippen LogP) is 10.9. The summed E-state index contributed by atoms with van der Waals surface area (Å²) in [7, 11) is 0. The lowest BCUT2D eigenvalue weighted by Gasteiger charge is -2.29. The van der Waals surface area contributed by atoms with Gasteiger partial charge in [-0.1, -0.05) is 153 Å². The topological polar surface area (TPSA) is 30.7 Å². The zero-order valence-electron chi connectivity index (χ0n) is 25.8. The van der Waals surface area contributed by atoms with Crippen LogP contribution in [0, 0.1) is 0 Å². The molecular formula is C43H31N3. The fourth-order valence-corrected chi connectivity index (χ4v) is 7.47. The number of hydrogen-bond acceptors (Lipinski definition) is 2. The molecule has 3 nitrogen and oxygen atoms in total. The highest BCUT2D eigenvalue weighted by Crippen LogP contribution is 2.52. The van der Waals surface area contributed by atoms with Crippen molar-refractivity contribution < 1.29 is 0 Å². The lowest BCUT2D eigenvalue weighted by Crippen LogP contribution is -2.24. The lowest BCUT2D eigenvalue weighted by molar-refractivity contribution is 0.606. The summed E-state index contributed by atoms with van der Waals surface area (Å²) in [5.74, 6) is 0.684. The molecule has 0 aliphatic heterocycles.